The van der Waals surface area contributed by atoms with Gasteiger partial charge in [-0.1, -0.05) is 226 Å². The molecule has 2 heteroatoms. The number of carbonyl (C=O) groups is 1. The van der Waals surface area contributed by atoms with Gasteiger partial charge < -0.3 is 4.74 Å². The maximum absolute atomic E-state index is 12.6. The van der Waals surface area contributed by atoms with Crippen LogP contribution in [-0.2, 0) is 9.53 Å². The number of ether oxygens (including phenoxy) is 1. The monoisotopic (exact) mass is 675 g/mol. The Bertz CT molecular complexity index is 626. The zero-order chi connectivity index (χ0) is 34.9. The maximum atomic E-state index is 12.6. The van der Waals surface area contributed by atoms with Crippen molar-refractivity contribution in [3.8, 4) is 0 Å². The smallest absolute Gasteiger partial charge is 0.305 e. The second-order valence-electron chi connectivity index (χ2n) is 15.5. The molecule has 0 bridgehead atoms. The third-order valence-electron chi connectivity index (χ3n) is 10.6. The summed E-state index contributed by atoms with van der Waals surface area (Å²) >= 11 is 0. The summed E-state index contributed by atoms with van der Waals surface area (Å²) in [6.45, 7) is 7.55. The van der Waals surface area contributed by atoms with Gasteiger partial charge in [0.15, 0.2) is 0 Å². The van der Waals surface area contributed by atoms with Crippen molar-refractivity contribution in [1.29, 1.82) is 0 Å². The first-order chi connectivity index (χ1) is 23.7. The third-order valence-corrected chi connectivity index (χ3v) is 10.6. The van der Waals surface area contributed by atoms with Crippen molar-refractivity contribution in [2.24, 2.45) is 5.92 Å². The molecule has 48 heavy (non-hydrogen) atoms. The van der Waals surface area contributed by atoms with Crippen LogP contribution in [0.4, 0.5) is 0 Å². The van der Waals surface area contributed by atoms with Gasteiger partial charge in [0.25, 0.3) is 0 Å². The van der Waals surface area contributed by atoms with Crippen LogP contribution in [0.2, 0.25) is 0 Å². The zero-order valence-electron chi connectivity index (χ0n) is 33.6. The molecule has 0 aromatic carbocycles. The van der Waals surface area contributed by atoms with E-state index in [1.54, 1.807) is 0 Å². The normalized spacial score (nSPS) is 12.3. The lowest BCUT2D eigenvalue weighted by molar-refractivity contribution is -0.145. The van der Waals surface area contributed by atoms with Gasteiger partial charge in [-0.3, -0.25) is 4.79 Å². The summed E-state index contributed by atoms with van der Waals surface area (Å²) in [7, 11) is 0. The topological polar surface area (TPSA) is 26.3 Å². The highest BCUT2D eigenvalue weighted by atomic mass is 16.5. The molecule has 0 aromatic rings. The Morgan fingerprint density at radius 3 is 1.04 bits per heavy atom. The highest BCUT2D eigenvalue weighted by Gasteiger charge is 2.12. The van der Waals surface area contributed by atoms with Crippen LogP contribution in [0.15, 0.2) is 12.2 Å². The number of esters is 1. The van der Waals surface area contributed by atoms with E-state index in [-0.39, 0.29) is 5.97 Å². The fourth-order valence-electron chi connectivity index (χ4n) is 7.13. The second-order valence-corrected chi connectivity index (χ2v) is 15.5. The number of hydrogen-bond acceptors (Lipinski definition) is 2. The first-order valence-corrected chi connectivity index (χ1v) is 22.5. The van der Waals surface area contributed by atoms with E-state index in [9.17, 15) is 4.79 Å². The molecule has 0 aliphatic carbocycles. The van der Waals surface area contributed by atoms with E-state index in [0.717, 1.165) is 12.8 Å². The van der Waals surface area contributed by atoms with Gasteiger partial charge in [-0.15, -0.1) is 0 Å². The summed E-state index contributed by atoms with van der Waals surface area (Å²) in [5.41, 5.74) is 0. The summed E-state index contributed by atoms with van der Waals surface area (Å²) < 4.78 is 5.87. The van der Waals surface area contributed by atoms with Crippen LogP contribution in [0.1, 0.15) is 265 Å². The predicted octanol–water partition coefficient (Wildman–Crippen LogP) is 16.6. The molecule has 1 atom stereocenters. The van der Waals surface area contributed by atoms with E-state index in [1.807, 2.05) is 0 Å². The van der Waals surface area contributed by atoms with E-state index >= 15 is 0 Å². The van der Waals surface area contributed by atoms with Gasteiger partial charge in [0, 0.05) is 6.42 Å². The minimum Gasteiger partial charge on any atom is -0.465 e. The molecular weight excluding hydrogens is 585 g/mol. The second kappa shape index (κ2) is 42.4. The molecule has 0 spiro atoms. The maximum Gasteiger partial charge on any atom is 0.305 e. The molecule has 286 valence electrons. The molecular formula is C46H90O2. The van der Waals surface area contributed by atoms with Gasteiger partial charge in [0.05, 0.1) is 6.61 Å². The minimum absolute atomic E-state index is 0.0505. The molecule has 2 nitrogen and oxygen atoms in total. The van der Waals surface area contributed by atoms with Gasteiger partial charge in [0.1, 0.15) is 0 Å². The Balaban J connectivity index is 3.97. The summed E-state index contributed by atoms with van der Waals surface area (Å²) in [5.74, 6) is 0.620. The molecule has 0 aliphatic heterocycles. The van der Waals surface area contributed by atoms with Crippen LogP contribution < -0.4 is 0 Å². The van der Waals surface area contributed by atoms with Crippen LogP contribution >= 0.6 is 0 Å². The first-order valence-electron chi connectivity index (χ1n) is 22.5. The lowest BCUT2D eigenvalue weighted by Gasteiger charge is -2.17. The summed E-state index contributed by atoms with van der Waals surface area (Å²) in [4.78, 5) is 12.6. The molecule has 0 saturated heterocycles. The molecule has 1 unspecified atom stereocenters. The molecule has 0 amide bonds. The number of rotatable bonds is 41. The average molecular weight is 675 g/mol. The predicted molar refractivity (Wildman–Crippen MR) is 216 cm³/mol. The van der Waals surface area contributed by atoms with Crippen molar-refractivity contribution in [2.75, 3.05) is 6.61 Å². The molecule has 0 aromatic heterocycles. The summed E-state index contributed by atoms with van der Waals surface area (Å²) in [6, 6.07) is 0. The van der Waals surface area contributed by atoms with E-state index in [0.29, 0.717) is 18.9 Å². The largest absolute Gasteiger partial charge is 0.465 e. The molecule has 0 saturated carbocycles. The van der Waals surface area contributed by atoms with Crippen molar-refractivity contribution in [2.45, 2.75) is 265 Å². The van der Waals surface area contributed by atoms with E-state index in [2.05, 4.69) is 32.9 Å². The lowest BCUT2D eigenvalue weighted by Crippen LogP contribution is -2.14. The molecule has 0 fully saturated rings. The Morgan fingerprint density at radius 2 is 0.688 bits per heavy atom. The van der Waals surface area contributed by atoms with Gasteiger partial charge in [0.2, 0.25) is 0 Å². The van der Waals surface area contributed by atoms with Gasteiger partial charge in [-0.05, 0) is 50.9 Å². The summed E-state index contributed by atoms with van der Waals surface area (Å²) in [5, 5.41) is 0. The van der Waals surface area contributed by atoms with Crippen molar-refractivity contribution in [3.63, 3.8) is 0 Å². The number of allylic oxidation sites excluding steroid dienone is 2. The summed E-state index contributed by atoms with van der Waals surface area (Å²) in [6.07, 6.45) is 55.4. The standard InChI is InChI=1S/C46H90O2/c1-4-7-10-13-16-19-21-23-25-27-29-31-34-37-40-43-46(47)48-44-45(41-38-35-32-18-15-12-9-6-3)42-39-36-33-30-28-26-24-22-20-17-14-11-8-5-2/h23,25,45H,4-22,24,26-44H2,1-3H3. The van der Waals surface area contributed by atoms with Gasteiger partial charge in [-0.2, -0.15) is 0 Å². The Kier molecular flexibility index (Phi) is 41.7. The first kappa shape index (κ1) is 47.2. The number of carbonyl (C=O) groups excluding carboxylic acids is 1. The Hall–Kier alpha value is -0.790. The van der Waals surface area contributed by atoms with Crippen LogP contribution in [0.3, 0.4) is 0 Å². The van der Waals surface area contributed by atoms with Crippen LogP contribution in [0.25, 0.3) is 0 Å². The highest BCUT2D eigenvalue weighted by Crippen LogP contribution is 2.21. The SMILES string of the molecule is CCCCCCCCC=CCCCCCCCC(=O)OCC(CCCCCCCCCC)CCCCCCCCCCCCCCCC. The minimum atomic E-state index is 0.0505. The van der Waals surface area contributed by atoms with Crippen LogP contribution in [0.5, 0.6) is 0 Å². The van der Waals surface area contributed by atoms with E-state index < -0.39 is 0 Å². The highest BCUT2D eigenvalue weighted by molar-refractivity contribution is 5.69. The molecule has 0 rings (SSSR count). The van der Waals surface area contributed by atoms with Crippen molar-refractivity contribution in [3.05, 3.63) is 12.2 Å². The van der Waals surface area contributed by atoms with Crippen LogP contribution in [0, 0.1) is 5.92 Å². The Morgan fingerprint density at radius 1 is 0.396 bits per heavy atom. The van der Waals surface area contributed by atoms with Gasteiger partial charge >= 0.3 is 5.97 Å². The lowest BCUT2D eigenvalue weighted by atomic mass is 9.94. The fraction of sp³-hybridized carbons (Fsp3) is 0.935. The quantitative estimate of drug-likeness (QED) is 0.0366. The molecule has 0 radical (unpaired) electrons. The third kappa shape index (κ3) is 39.6. The molecule has 0 N–H and O–H groups in total. The van der Waals surface area contributed by atoms with Crippen molar-refractivity contribution < 1.29 is 9.53 Å². The molecule has 0 aliphatic rings. The Labute approximate surface area is 304 Å². The fourth-order valence-corrected chi connectivity index (χ4v) is 7.13. The molecule has 0 heterocycles. The van der Waals surface area contributed by atoms with Gasteiger partial charge in [-0.25, -0.2) is 0 Å². The van der Waals surface area contributed by atoms with Crippen LogP contribution in [-0.4, -0.2) is 12.6 Å². The number of unbranched alkanes of at least 4 members (excludes halogenated alkanes) is 31. The zero-order valence-corrected chi connectivity index (χ0v) is 33.6. The van der Waals surface area contributed by atoms with Crippen molar-refractivity contribution >= 4 is 5.97 Å². The number of hydrogen-bond donors (Lipinski definition) is 0. The van der Waals surface area contributed by atoms with Crippen molar-refractivity contribution in [1.82, 2.24) is 0 Å². The average Bonchev–Trinajstić information content (AvgIpc) is 3.09. The van der Waals surface area contributed by atoms with E-state index in [1.165, 1.54) is 225 Å². The van der Waals surface area contributed by atoms with E-state index in [4.69, 9.17) is 4.74 Å².